The molecule has 1 saturated carbocycles. The summed E-state index contributed by atoms with van der Waals surface area (Å²) in [4.78, 5) is 23.1. The van der Waals surface area contributed by atoms with Crippen molar-refractivity contribution >= 4 is 24.0 Å². The van der Waals surface area contributed by atoms with E-state index in [2.05, 4.69) is 30.7 Å². The number of carbonyl (C=O) groups excluding carboxylic acids is 1. The Bertz CT molecular complexity index is 1190. The zero-order chi connectivity index (χ0) is 23.7. The van der Waals surface area contributed by atoms with E-state index >= 15 is 0 Å². The number of pyridine rings is 1. The number of benzene rings is 1. The average molecular weight is 505 g/mol. The maximum absolute atomic E-state index is 14.0. The van der Waals surface area contributed by atoms with Crippen LogP contribution in [0, 0.1) is 0 Å². The number of nitrogens with zero attached hydrogens (tertiary/aromatic N) is 4. The van der Waals surface area contributed by atoms with Gasteiger partial charge in [0.15, 0.2) is 0 Å². The van der Waals surface area contributed by atoms with Crippen LogP contribution in [0.2, 0.25) is 0 Å². The summed E-state index contributed by atoms with van der Waals surface area (Å²) in [6, 6.07) is 6.77. The first-order chi connectivity index (χ1) is 16.4. The smallest absolute Gasteiger partial charge is 0.292 e. The fraction of sp³-hybridized carbons (Fsp3) is 0.417. The maximum Gasteiger partial charge on any atom is 0.292 e. The third-order valence-electron chi connectivity index (χ3n) is 6.53. The van der Waals surface area contributed by atoms with E-state index in [1.807, 2.05) is 13.0 Å². The van der Waals surface area contributed by atoms with Crippen molar-refractivity contribution in [1.82, 2.24) is 25.8 Å². The minimum absolute atomic E-state index is 0. The number of amides is 1. The lowest BCUT2D eigenvalue weighted by molar-refractivity contribution is 0.0935. The monoisotopic (exact) mass is 504 g/mol. The van der Waals surface area contributed by atoms with E-state index in [9.17, 15) is 13.6 Å². The van der Waals surface area contributed by atoms with Crippen molar-refractivity contribution in [2.75, 3.05) is 31.1 Å². The van der Waals surface area contributed by atoms with Crippen LogP contribution in [0.15, 0.2) is 41.2 Å². The Kier molecular flexibility index (Phi) is 7.32. The number of alkyl halides is 2. The third kappa shape index (κ3) is 5.28. The summed E-state index contributed by atoms with van der Waals surface area (Å²) in [5, 5.41) is 9.69. The molecule has 3 aromatic rings. The second-order valence-electron chi connectivity index (χ2n) is 9.01. The maximum atomic E-state index is 14.0. The lowest BCUT2D eigenvalue weighted by Gasteiger charge is -2.31. The molecule has 0 radical (unpaired) electrons. The normalized spacial score (nSPS) is 16.6. The first kappa shape index (κ1) is 25.0. The molecule has 2 N–H and O–H groups in total. The highest BCUT2D eigenvalue weighted by molar-refractivity contribution is 5.90. The summed E-state index contributed by atoms with van der Waals surface area (Å²) >= 11 is 0. The molecule has 3 heterocycles. The highest BCUT2D eigenvalue weighted by atomic mass is 35.5. The molecule has 2 aliphatic rings. The van der Waals surface area contributed by atoms with Gasteiger partial charge in [-0.1, -0.05) is 24.2 Å². The number of rotatable bonds is 7. The van der Waals surface area contributed by atoms with Crippen LogP contribution >= 0.6 is 12.4 Å². The number of halogens is 3. The fourth-order valence-electron chi connectivity index (χ4n) is 4.13. The van der Waals surface area contributed by atoms with E-state index < -0.39 is 12.3 Å². The molecular weight excluding hydrogens is 478 g/mol. The van der Waals surface area contributed by atoms with Crippen LogP contribution in [0.25, 0.3) is 11.1 Å². The molecule has 2 fully saturated rings. The van der Waals surface area contributed by atoms with Crippen molar-refractivity contribution in [1.29, 1.82) is 0 Å². The van der Waals surface area contributed by atoms with Crippen molar-refractivity contribution in [3.05, 3.63) is 59.5 Å². The molecule has 2 aromatic heterocycles. The molecule has 5 rings (SSSR count). The second-order valence-corrected chi connectivity index (χ2v) is 9.01. The highest BCUT2D eigenvalue weighted by Gasteiger charge is 2.44. The van der Waals surface area contributed by atoms with E-state index in [1.165, 1.54) is 6.07 Å². The summed E-state index contributed by atoms with van der Waals surface area (Å²) in [5.41, 5.74) is 2.51. The third-order valence-corrected chi connectivity index (χ3v) is 6.53. The van der Waals surface area contributed by atoms with Gasteiger partial charge in [-0.3, -0.25) is 9.78 Å². The molecule has 1 saturated heterocycles. The zero-order valence-electron chi connectivity index (χ0n) is 19.3. The molecular formula is C24H27ClF2N6O2. The number of hydrogen-bond donors (Lipinski definition) is 2. The number of anilines is 1. The van der Waals surface area contributed by atoms with E-state index in [0.29, 0.717) is 17.0 Å². The molecule has 0 unspecified atom stereocenters. The molecule has 1 amide bonds. The van der Waals surface area contributed by atoms with E-state index in [4.69, 9.17) is 4.52 Å². The van der Waals surface area contributed by atoms with Gasteiger partial charge < -0.3 is 20.1 Å². The Morgan fingerprint density at radius 1 is 1.26 bits per heavy atom. The Hall–Kier alpha value is -3.11. The summed E-state index contributed by atoms with van der Waals surface area (Å²) in [6.07, 6.45) is 2.63. The second kappa shape index (κ2) is 10.2. The number of nitrogens with one attached hydrogen (secondary N) is 2. The fourth-order valence-corrected chi connectivity index (χ4v) is 4.13. The quantitative estimate of drug-likeness (QED) is 0.504. The van der Waals surface area contributed by atoms with Gasteiger partial charge in [0.2, 0.25) is 5.89 Å². The molecule has 0 atom stereocenters. The van der Waals surface area contributed by atoms with Gasteiger partial charge in [0.1, 0.15) is 0 Å². The number of piperazine rings is 1. The lowest BCUT2D eigenvalue weighted by atomic mass is 9.98. The molecule has 8 nitrogen and oxygen atoms in total. The van der Waals surface area contributed by atoms with Gasteiger partial charge in [0.25, 0.3) is 18.2 Å². The zero-order valence-corrected chi connectivity index (χ0v) is 20.1. The van der Waals surface area contributed by atoms with E-state index in [-0.39, 0.29) is 35.8 Å². The first-order valence-electron chi connectivity index (χ1n) is 11.4. The largest absolute Gasteiger partial charge is 0.367 e. The minimum Gasteiger partial charge on any atom is -0.367 e. The number of aromatic nitrogens is 3. The van der Waals surface area contributed by atoms with Crippen LogP contribution in [0.4, 0.5) is 14.5 Å². The molecule has 11 heteroatoms. The van der Waals surface area contributed by atoms with Gasteiger partial charge in [0.05, 0.1) is 11.9 Å². The van der Waals surface area contributed by atoms with Gasteiger partial charge in [-0.2, -0.15) is 4.98 Å². The molecule has 1 aliphatic carbocycles. The van der Waals surface area contributed by atoms with E-state index in [0.717, 1.165) is 50.3 Å². The molecule has 186 valence electrons. The first-order valence-corrected chi connectivity index (χ1v) is 11.4. The van der Waals surface area contributed by atoms with Crippen LogP contribution in [0.5, 0.6) is 0 Å². The van der Waals surface area contributed by atoms with Crippen molar-refractivity contribution in [3.63, 3.8) is 0 Å². The molecule has 1 aliphatic heterocycles. The minimum atomic E-state index is -2.69. The Morgan fingerprint density at radius 3 is 2.74 bits per heavy atom. The average Bonchev–Trinajstić information content (AvgIpc) is 3.41. The summed E-state index contributed by atoms with van der Waals surface area (Å²) in [6.45, 7) is 5.28. The predicted molar refractivity (Wildman–Crippen MR) is 129 cm³/mol. The van der Waals surface area contributed by atoms with Gasteiger partial charge in [-0.15, -0.1) is 12.4 Å². The van der Waals surface area contributed by atoms with Crippen molar-refractivity contribution < 1.29 is 18.1 Å². The summed E-state index contributed by atoms with van der Waals surface area (Å²) in [7, 11) is 0. The Balaban J connectivity index is 0.00000289. The van der Waals surface area contributed by atoms with Crippen LogP contribution in [-0.2, 0) is 12.0 Å². The molecule has 0 bridgehead atoms. The van der Waals surface area contributed by atoms with Gasteiger partial charge in [-0.25, -0.2) is 8.78 Å². The summed E-state index contributed by atoms with van der Waals surface area (Å²) in [5.74, 6) is -0.206. The molecule has 35 heavy (non-hydrogen) atoms. The summed E-state index contributed by atoms with van der Waals surface area (Å²) < 4.78 is 33.2. The van der Waals surface area contributed by atoms with Crippen molar-refractivity contribution in [2.24, 2.45) is 0 Å². The molecule has 1 aromatic carbocycles. The Labute approximate surface area is 207 Å². The predicted octanol–water partition coefficient (Wildman–Crippen LogP) is 3.88. The van der Waals surface area contributed by atoms with E-state index in [1.54, 1.807) is 24.5 Å². The molecule has 0 spiro atoms. The highest BCUT2D eigenvalue weighted by Crippen LogP contribution is 2.46. The van der Waals surface area contributed by atoms with Crippen LogP contribution in [-0.4, -0.2) is 47.2 Å². The van der Waals surface area contributed by atoms with Crippen molar-refractivity contribution in [3.8, 4) is 11.1 Å². The topological polar surface area (TPSA) is 96.2 Å². The number of carbonyl (C=O) groups is 1. The van der Waals surface area contributed by atoms with Crippen LogP contribution < -0.4 is 15.5 Å². The van der Waals surface area contributed by atoms with Gasteiger partial charge in [0, 0.05) is 55.5 Å². The van der Waals surface area contributed by atoms with Gasteiger partial charge in [-0.05, 0) is 36.1 Å². The van der Waals surface area contributed by atoms with Gasteiger partial charge >= 0.3 is 0 Å². The van der Waals surface area contributed by atoms with Crippen LogP contribution in [0.3, 0.4) is 0 Å². The number of hydrogen-bond acceptors (Lipinski definition) is 7. The lowest BCUT2D eigenvalue weighted by Crippen LogP contribution is -2.43. The SMILES string of the molecule is CC1(c2nc(C(=O)NCc3ccc(-c4ccncc4N4CCNCC4)cc3C(F)F)no2)CC1.Cl. The van der Waals surface area contributed by atoms with Crippen LogP contribution in [0.1, 0.15) is 53.8 Å². The standard InChI is InChI=1S/C24H26F2N6O2.ClH/c1-24(5-6-24)23-30-21(31-34-23)22(33)29-13-16-3-2-15(12-18(16)20(25)26)17-4-7-28-14-19(17)32-10-8-27-9-11-32;/h2-4,7,12,14,20,27H,5-6,8-11,13H2,1H3,(H,29,33);1H. The van der Waals surface area contributed by atoms with Crippen molar-refractivity contribution in [2.45, 2.75) is 38.2 Å². The Morgan fingerprint density at radius 2 is 2.03 bits per heavy atom.